The second-order valence-electron chi connectivity index (χ2n) is 7.90. The zero-order chi connectivity index (χ0) is 22.7. The van der Waals surface area contributed by atoms with E-state index < -0.39 is 23.9 Å². The van der Waals surface area contributed by atoms with Gasteiger partial charge in [-0.25, -0.2) is 4.79 Å². The molecule has 0 bridgehead atoms. The summed E-state index contributed by atoms with van der Waals surface area (Å²) in [5, 5.41) is 12.1. The van der Waals surface area contributed by atoms with Crippen LogP contribution in [0.1, 0.15) is 48.4 Å². The summed E-state index contributed by atoms with van der Waals surface area (Å²) in [6, 6.07) is 6.81. The predicted molar refractivity (Wildman–Crippen MR) is 107 cm³/mol. The monoisotopic (exact) mass is 452 g/mol. The minimum absolute atomic E-state index is 0.0301. The number of benzene rings is 1. The van der Waals surface area contributed by atoms with Crippen LogP contribution in [0.2, 0.25) is 0 Å². The van der Waals surface area contributed by atoms with E-state index in [4.69, 9.17) is 9.47 Å². The van der Waals surface area contributed by atoms with E-state index in [1.165, 1.54) is 18.2 Å². The highest BCUT2D eigenvalue weighted by Gasteiger charge is 2.36. The van der Waals surface area contributed by atoms with Gasteiger partial charge >= 0.3 is 12.3 Å². The number of ether oxygens (including phenoxy) is 2. The number of carbonyl (C=O) groups excluding carboxylic acids is 2. The first kappa shape index (κ1) is 22.1. The first-order chi connectivity index (χ1) is 15.3. The number of H-pyrrole nitrogens is 1. The second kappa shape index (κ2) is 9.19. The van der Waals surface area contributed by atoms with Gasteiger partial charge in [0.15, 0.2) is 0 Å². The van der Waals surface area contributed by atoms with Gasteiger partial charge in [-0.05, 0) is 37.3 Å². The van der Waals surface area contributed by atoms with Crippen LogP contribution in [-0.2, 0) is 27.0 Å². The Morgan fingerprint density at radius 3 is 2.75 bits per heavy atom. The van der Waals surface area contributed by atoms with Gasteiger partial charge in [0, 0.05) is 25.1 Å². The lowest BCUT2D eigenvalue weighted by molar-refractivity contribution is -0.138. The molecule has 2 fully saturated rings. The lowest BCUT2D eigenvalue weighted by atomic mass is 9.80. The number of halogens is 3. The van der Waals surface area contributed by atoms with Crippen molar-refractivity contribution < 1.29 is 32.2 Å². The minimum Gasteiger partial charge on any atom is -0.446 e. The van der Waals surface area contributed by atoms with Crippen molar-refractivity contribution in [2.75, 3.05) is 11.9 Å². The van der Waals surface area contributed by atoms with E-state index in [1.54, 1.807) is 6.07 Å². The standard InChI is InChI=1S/C21H23F3N4O4/c22-21(23,24)15-5-2-1-4-12(15)11-25-20(30)32-14-8-13(9-14)16-10-18(28-27-16)26-19(29)17-6-3-7-31-17/h1-2,4-5,10,13-14,17H,3,6-9,11H2,(H,25,30)(H2,26,27,28,29). The van der Waals surface area contributed by atoms with Gasteiger partial charge in [0.05, 0.1) is 11.3 Å². The lowest BCUT2D eigenvalue weighted by Gasteiger charge is -2.33. The van der Waals surface area contributed by atoms with Crippen molar-refractivity contribution in [3.05, 3.63) is 47.2 Å². The molecule has 4 rings (SSSR count). The number of alkyl carbamates (subject to hydrolysis) is 1. The number of nitrogens with one attached hydrogen (secondary N) is 3. The fourth-order valence-electron chi connectivity index (χ4n) is 3.82. The quantitative estimate of drug-likeness (QED) is 0.620. The summed E-state index contributed by atoms with van der Waals surface area (Å²) < 4.78 is 49.7. The number of aromatic amines is 1. The maximum Gasteiger partial charge on any atom is 0.416 e. The molecule has 1 aliphatic carbocycles. The molecule has 172 valence electrons. The van der Waals surface area contributed by atoms with Gasteiger partial charge in [-0.2, -0.15) is 18.3 Å². The molecule has 2 amide bonds. The Bertz CT molecular complexity index is 966. The molecule has 2 heterocycles. The number of anilines is 1. The average Bonchev–Trinajstić information content (AvgIpc) is 3.40. The van der Waals surface area contributed by atoms with E-state index in [0.29, 0.717) is 31.7 Å². The van der Waals surface area contributed by atoms with Crippen LogP contribution in [0, 0.1) is 0 Å². The molecular formula is C21H23F3N4O4. The summed E-state index contributed by atoms with van der Waals surface area (Å²) in [6.07, 6.45) is -3.42. The summed E-state index contributed by atoms with van der Waals surface area (Å²) in [7, 11) is 0. The highest BCUT2D eigenvalue weighted by Crippen LogP contribution is 2.38. The van der Waals surface area contributed by atoms with Crippen molar-refractivity contribution >= 4 is 17.8 Å². The van der Waals surface area contributed by atoms with Crippen LogP contribution in [0.15, 0.2) is 30.3 Å². The molecule has 3 N–H and O–H groups in total. The number of alkyl halides is 3. The molecule has 1 atom stereocenters. The van der Waals surface area contributed by atoms with Crippen LogP contribution >= 0.6 is 0 Å². The number of aromatic nitrogens is 2. The van der Waals surface area contributed by atoms with Crippen LogP contribution in [0.3, 0.4) is 0 Å². The van der Waals surface area contributed by atoms with Crippen molar-refractivity contribution in [3.8, 4) is 0 Å². The summed E-state index contributed by atoms with van der Waals surface area (Å²) in [6.45, 7) is 0.302. The van der Waals surface area contributed by atoms with Crippen molar-refractivity contribution in [2.24, 2.45) is 0 Å². The zero-order valence-electron chi connectivity index (χ0n) is 17.1. The molecule has 1 unspecified atom stereocenters. The Hall–Kier alpha value is -3.08. The van der Waals surface area contributed by atoms with Crippen LogP contribution in [0.4, 0.5) is 23.8 Å². The first-order valence-corrected chi connectivity index (χ1v) is 10.4. The average molecular weight is 452 g/mol. The fourth-order valence-corrected chi connectivity index (χ4v) is 3.82. The van der Waals surface area contributed by atoms with E-state index in [1.807, 2.05) is 0 Å². The highest BCUT2D eigenvalue weighted by atomic mass is 19.4. The summed E-state index contributed by atoms with van der Waals surface area (Å²) in [4.78, 5) is 24.1. The van der Waals surface area contributed by atoms with Crippen LogP contribution in [0.25, 0.3) is 0 Å². The molecule has 0 spiro atoms. The Kier molecular flexibility index (Phi) is 6.35. The lowest BCUT2D eigenvalue weighted by Crippen LogP contribution is -2.36. The van der Waals surface area contributed by atoms with Crippen molar-refractivity contribution in [1.82, 2.24) is 15.5 Å². The second-order valence-corrected chi connectivity index (χ2v) is 7.90. The van der Waals surface area contributed by atoms with Crippen LogP contribution in [-0.4, -0.2) is 41.0 Å². The van der Waals surface area contributed by atoms with Gasteiger partial charge in [0.1, 0.15) is 18.0 Å². The number of hydrogen-bond acceptors (Lipinski definition) is 5. The molecule has 1 aromatic heterocycles. The SMILES string of the molecule is O=C(NCc1ccccc1C(F)(F)F)OC1CC(c2cc(NC(=O)C3CCCO3)[nH]n2)C1. The highest BCUT2D eigenvalue weighted by molar-refractivity contribution is 5.93. The number of rotatable bonds is 6. The van der Waals surface area contributed by atoms with Gasteiger partial charge < -0.3 is 20.1 Å². The topological polar surface area (TPSA) is 105 Å². The molecular weight excluding hydrogens is 429 g/mol. The first-order valence-electron chi connectivity index (χ1n) is 10.4. The summed E-state index contributed by atoms with van der Waals surface area (Å²) >= 11 is 0. The van der Waals surface area contributed by atoms with Crippen LogP contribution in [0.5, 0.6) is 0 Å². The number of nitrogens with zero attached hydrogens (tertiary/aromatic N) is 1. The molecule has 2 aromatic rings. The van der Waals surface area contributed by atoms with E-state index >= 15 is 0 Å². The van der Waals surface area contributed by atoms with E-state index in [0.717, 1.165) is 18.2 Å². The smallest absolute Gasteiger partial charge is 0.416 e. The van der Waals surface area contributed by atoms with Gasteiger partial charge in [0.2, 0.25) is 0 Å². The molecule has 0 radical (unpaired) electrons. The number of amides is 2. The van der Waals surface area contributed by atoms with Crippen molar-refractivity contribution in [3.63, 3.8) is 0 Å². The molecule has 8 nitrogen and oxygen atoms in total. The maximum atomic E-state index is 13.0. The molecule has 1 aromatic carbocycles. The molecule has 32 heavy (non-hydrogen) atoms. The third kappa shape index (κ3) is 5.21. The predicted octanol–water partition coefficient (Wildman–Crippen LogP) is 3.72. The van der Waals surface area contributed by atoms with Gasteiger partial charge in [0.25, 0.3) is 5.91 Å². The Balaban J connectivity index is 1.21. The third-order valence-corrected chi connectivity index (χ3v) is 5.61. The fraction of sp³-hybridized carbons (Fsp3) is 0.476. The zero-order valence-corrected chi connectivity index (χ0v) is 17.1. The molecule has 2 aliphatic rings. The minimum atomic E-state index is -4.49. The van der Waals surface area contributed by atoms with Gasteiger partial charge in [-0.15, -0.1) is 0 Å². The van der Waals surface area contributed by atoms with E-state index in [-0.39, 0.29) is 30.0 Å². The maximum absolute atomic E-state index is 13.0. The third-order valence-electron chi connectivity index (χ3n) is 5.61. The molecule has 1 aliphatic heterocycles. The van der Waals surface area contributed by atoms with Crippen molar-refractivity contribution in [1.29, 1.82) is 0 Å². The van der Waals surface area contributed by atoms with E-state index in [9.17, 15) is 22.8 Å². The summed E-state index contributed by atoms with van der Waals surface area (Å²) in [5.74, 6) is 0.325. The van der Waals surface area contributed by atoms with Crippen molar-refractivity contribution in [2.45, 2.75) is 56.5 Å². The summed E-state index contributed by atoms with van der Waals surface area (Å²) in [5.41, 5.74) is -0.0746. The van der Waals surface area contributed by atoms with Gasteiger partial charge in [-0.3, -0.25) is 9.89 Å². The Labute approximate surface area is 181 Å². The number of carbonyl (C=O) groups is 2. The normalized spacial score (nSPS) is 22.8. The number of hydrogen-bond donors (Lipinski definition) is 3. The Morgan fingerprint density at radius 2 is 2.03 bits per heavy atom. The largest absolute Gasteiger partial charge is 0.446 e. The molecule has 1 saturated carbocycles. The molecule has 1 saturated heterocycles. The van der Waals surface area contributed by atoms with Gasteiger partial charge in [-0.1, -0.05) is 18.2 Å². The van der Waals surface area contributed by atoms with Crippen LogP contribution < -0.4 is 10.6 Å². The van der Waals surface area contributed by atoms with E-state index in [2.05, 4.69) is 20.8 Å². The Morgan fingerprint density at radius 1 is 1.25 bits per heavy atom. The molecule has 11 heteroatoms.